The van der Waals surface area contributed by atoms with E-state index in [1.807, 2.05) is 0 Å². The van der Waals surface area contributed by atoms with Crippen molar-refractivity contribution in [3.63, 3.8) is 0 Å². The van der Waals surface area contributed by atoms with E-state index in [1.54, 1.807) is 19.2 Å². The molecule has 1 amide bonds. The Morgan fingerprint density at radius 2 is 2.30 bits per heavy atom. The molecule has 0 bridgehead atoms. The molecule has 0 aliphatic heterocycles. The van der Waals surface area contributed by atoms with Crippen molar-refractivity contribution in [2.24, 2.45) is 0 Å². The normalized spacial score (nSPS) is 16.2. The number of nitriles is 1. The number of amides is 1. The van der Waals surface area contributed by atoms with Crippen LogP contribution >= 0.6 is 0 Å². The van der Waals surface area contributed by atoms with Crippen molar-refractivity contribution in [3.8, 4) is 17.6 Å². The molecule has 0 N–H and O–H groups in total. The molecule has 3 rings (SSSR count). The maximum absolute atomic E-state index is 12.3. The topological polar surface area (TPSA) is 83.3 Å². The standard InChI is InChI=1S/C14H13N3O3/c1-17(14(9-15)5-3-6-14)13(18)10-8-12(20-16-10)11-4-2-7-19-11/h2,4,7-8H,3,5-6H2,1H3. The van der Waals surface area contributed by atoms with E-state index in [0.29, 0.717) is 24.4 Å². The van der Waals surface area contributed by atoms with Crippen LogP contribution in [-0.4, -0.2) is 28.6 Å². The zero-order chi connectivity index (χ0) is 14.2. The molecule has 0 aromatic carbocycles. The van der Waals surface area contributed by atoms with Gasteiger partial charge in [-0.3, -0.25) is 4.79 Å². The Balaban J connectivity index is 1.83. The highest BCUT2D eigenvalue weighted by molar-refractivity contribution is 5.93. The lowest BCUT2D eigenvalue weighted by atomic mass is 9.76. The second-order valence-corrected chi connectivity index (χ2v) is 4.91. The first-order chi connectivity index (χ1) is 9.66. The van der Waals surface area contributed by atoms with Crippen molar-refractivity contribution in [1.82, 2.24) is 10.1 Å². The van der Waals surface area contributed by atoms with Crippen molar-refractivity contribution >= 4 is 5.91 Å². The lowest BCUT2D eigenvalue weighted by molar-refractivity contribution is 0.0487. The second kappa shape index (κ2) is 4.53. The Bertz CT molecular complexity index is 662. The van der Waals surface area contributed by atoms with E-state index in [0.717, 1.165) is 6.42 Å². The molecular formula is C14H13N3O3. The quantitative estimate of drug-likeness (QED) is 0.856. The van der Waals surface area contributed by atoms with Crippen molar-refractivity contribution in [2.45, 2.75) is 24.8 Å². The number of carbonyl (C=O) groups excluding carboxylic acids is 1. The summed E-state index contributed by atoms with van der Waals surface area (Å²) in [5.74, 6) is 0.594. The summed E-state index contributed by atoms with van der Waals surface area (Å²) in [5, 5.41) is 13.0. The first kappa shape index (κ1) is 12.5. The lowest BCUT2D eigenvalue weighted by Gasteiger charge is -2.42. The average Bonchev–Trinajstić information content (AvgIpc) is 3.07. The van der Waals surface area contributed by atoms with Crippen LogP contribution in [0.3, 0.4) is 0 Å². The third-order valence-electron chi connectivity index (χ3n) is 3.83. The summed E-state index contributed by atoms with van der Waals surface area (Å²) in [6.07, 6.45) is 3.88. The van der Waals surface area contributed by atoms with Crippen LogP contribution in [0.5, 0.6) is 0 Å². The van der Waals surface area contributed by atoms with Crippen LogP contribution in [0.2, 0.25) is 0 Å². The van der Waals surface area contributed by atoms with Gasteiger partial charge in [-0.05, 0) is 31.4 Å². The summed E-state index contributed by atoms with van der Waals surface area (Å²) >= 11 is 0. The zero-order valence-corrected chi connectivity index (χ0v) is 11.0. The van der Waals surface area contributed by atoms with Gasteiger partial charge in [-0.15, -0.1) is 0 Å². The molecule has 1 fully saturated rings. The smallest absolute Gasteiger partial charge is 0.277 e. The number of aromatic nitrogens is 1. The Hall–Kier alpha value is -2.55. The predicted molar refractivity (Wildman–Crippen MR) is 68.5 cm³/mol. The minimum Gasteiger partial charge on any atom is -0.461 e. The fraction of sp³-hybridized carbons (Fsp3) is 0.357. The van der Waals surface area contributed by atoms with E-state index >= 15 is 0 Å². The average molecular weight is 271 g/mol. The van der Waals surface area contributed by atoms with Crippen LogP contribution in [0.4, 0.5) is 0 Å². The monoisotopic (exact) mass is 271 g/mol. The molecule has 1 saturated carbocycles. The SMILES string of the molecule is CN(C(=O)c1cc(-c2ccco2)on1)C1(C#N)CCC1. The summed E-state index contributed by atoms with van der Waals surface area (Å²) in [7, 11) is 1.63. The summed E-state index contributed by atoms with van der Waals surface area (Å²) in [6, 6.07) is 7.21. The largest absolute Gasteiger partial charge is 0.461 e. The van der Waals surface area contributed by atoms with Crippen LogP contribution in [0.1, 0.15) is 29.8 Å². The molecule has 6 nitrogen and oxygen atoms in total. The highest BCUT2D eigenvalue weighted by Crippen LogP contribution is 2.37. The summed E-state index contributed by atoms with van der Waals surface area (Å²) in [4.78, 5) is 13.8. The van der Waals surface area contributed by atoms with E-state index in [9.17, 15) is 10.1 Å². The molecule has 1 aliphatic carbocycles. The number of nitrogens with zero attached hydrogens (tertiary/aromatic N) is 3. The van der Waals surface area contributed by atoms with Gasteiger partial charge in [0.2, 0.25) is 5.76 Å². The highest BCUT2D eigenvalue weighted by atomic mass is 16.5. The second-order valence-electron chi connectivity index (χ2n) is 4.91. The molecule has 102 valence electrons. The fourth-order valence-corrected chi connectivity index (χ4v) is 2.31. The van der Waals surface area contributed by atoms with Crippen LogP contribution in [-0.2, 0) is 0 Å². The fourth-order valence-electron chi connectivity index (χ4n) is 2.31. The van der Waals surface area contributed by atoms with E-state index in [2.05, 4.69) is 11.2 Å². The molecule has 2 aromatic heterocycles. The summed E-state index contributed by atoms with van der Waals surface area (Å²) < 4.78 is 10.3. The Kier molecular flexibility index (Phi) is 2.83. The van der Waals surface area contributed by atoms with Crippen molar-refractivity contribution in [1.29, 1.82) is 5.26 Å². The van der Waals surface area contributed by atoms with Gasteiger partial charge in [-0.1, -0.05) is 5.16 Å². The molecule has 0 radical (unpaired) electrons. The van der Waals surface area contributed by atoms with Crippen molar-refractivity contribution in [2.75, 3.05) is 7.05 Å². The molecule has 2 aromatic rings. The van der Waals surface area contributed by atoms with Crippen LogP contribution in [0.25, 0.3) is 11.5 Å². The van der Waals surface area contributed by atoms with Crippen LogP contribution < -0.4 is 0 Å². The zero-order valence-electron chi connectivity index (χ0n) is 11.0. The van der Waals surface area contributed by atoms with Gasteiger partial charge in [0.15, 0.2) is 11.5 Å². The number of carbonyl (C=O) groups is 1. The minimum atomic E-state index is -0.694. The van der Waals surface area contributed by atoms with E-state index in [-0.39, 0.29) is 11.6 Å². The summed E-state index contributed by atoms with van der Waals surface area (Å²) in [6.45, 7) is 0. The molecule has 20 heavy (non-hydrogen) atoms. The van der Waals surface area contributed by atoms with Gasteiger partial charge in [0.05, 0.1) is 12.3 Å². The molecule has 0 atom stereocenters. The minimum absolute atomic E-state index is 0.181. The molecule has 0 unspecified atom stereocenters. The van der Waals surface area contributed by atoms with Gasteiger partial charge in [0.25, 0.3) is 5.91 Å². The lowest BCUT2D eigenvalue weighted by Crippen LogP contribution is -2.53. The maximum Gasteiger partial charge on any atom is 0.277 e. The predicted octanol–water partition coefficient (Wildman–Crippen LogP) is 2.45. The Morgan fingerprint density at radius 1 is 1.50 bits per heavy atom. The molecule has 6 heteroatoms. The Morgan fingerprint density at radius 3 is 2.85 bits per heavy atom. The molecule has 0 saturated heterocycles. The van der Waals surface area contributed by atoms with E-state index < -0.39 is 5.54 Å². The number of furan rings is 1. The number of hydrogen-bond donors (Lipinski definition) is 0. The number of rotatable bonds is 3. The van der Waals surface area contributed by atoms with Gasteiger partial charge in [0.1, 0.15) is 5.54 Å². The maximum atomic E-state index is 12.3. The number of hydrogen-bond acceptors (Lipinski definition) is 5. The molecule has 2 heterocycles. The first-order valence-electron chi connectivity index (χ1n) is 6.36. The third kappa shape index (κ3) is 1.79. The van der Waals surface area contributed by atoms with Crippen molar-refractivity contribution in [3.05, 3.63) is 30.2 Å². The third-order valence-corrected chi connectivity index (χ3v) is 3.83. The highest BCUT2D eigenvalue weighted by Gasteiger charge is 2.44. The van der Waals surface area contributed by atoms with E-state index in [1.165, 1.54) is 17.2 Å². The molecule has 0 spiro atoms. The van der Waals surface area contributed by atoms with Crippen LogP contribution in [0, 0.1) is 11.3 Å². The first-order valence-corrected chi connectivity index (χ1v) is 6.36. The summed E-state index contributed by atoms with van der Waals surface area (Å²) in [5.41, 5.74) is -0.513. The van der Waals surface area contributed by atoms with Gasteiger partial charge < -0.3 is 13.8 Å². The molecule has 1 aliphatic rings. The Labute approximate surface area is 115 Å². The van der Waals surface area contributed by atoms with Gasteiger partial charge in [-0.25, -0.2) is 0 Å². The van der Waals surface area contributed by atoms with E-state index in [4.69, 9.17) is 8.94 Å². The van der Waals surface area contributed by atoms with Gasteiger partial charge in [0, 0.05) is 13.1 Å². The van der Waals surface area contributed by atoms with Gasteiger partial charge in [-0.2, -0.15) is 5.26 Å². The van der Waals surface area contributed by atoms with Crippen LogP contribution in [0.15, 0.2) is 33.4 Å². The molecular weight excluding hydrogens is 258 g/mol. The van der Waals surface area contributed by atoms with Crippen molar-refractivity contribution < 1.29 is 13.7 Å². The van der Waals surface area contributed by atoms with Gasteiger partial charge >= 0.3 is 0 Å².